The van der Waals surface area contributed by atoms with Crippen LogP contribution >= 0.6 is 0 Å². The van der Waals surface area contributed by atoms with Crippen LogP contribution in [0.4, 0.5) is 0 Å². The number of amides is 1. The highest BCUT2D eigenvalue weighted by Crippen LogP contribution is 2.31. The quantitative estimate of drug-likeness (QED) is 0.858. The number of rotatable bonds is 5. The fraction of sp³-hybridized carbons (Fsp3) is 0.571. The second-order valence-electron chi connectivity index (χ2n) is 5.63. The number of hydrogen-bond donors (Lipinski definition) is 2. The topological polar surface area (TPSA) is 79.5 Å². The van der Waals surface area contributed by atoms with Crippen LogP contribution in [0.3, 0.4) is 0 Å². The van der Waals surface area contributed by atoms with Crippen LogP contribution in [0.25, 0.3) is 0 Å². The molecule has 0 spiro atoms. The second kappa shape index (κ2) is 5.07. The van der Waals surface area contributed by atoms with E-state index >= 15 is 0 Å². The lowest BCUT2D eigenvalue weighted by molar-refractivity contribution is -0.150. The van der Waals surface area contributed by atoms with Gasteiger partial charge in [0.15, 0.2) is 5.76 Å². The van der Waals surface area contributed by atoms with Crippen molar-refractivity contribution in [2.45, 2.75) is 46.6 Å². The third-order valence-corrected chi connectivity index (χ3v) is 3.76. The van der Waals surface area contributed by atoms with E-state index in [0.717, 1.165) is 5.76 Å². The summed E-state index contributed by atoms with van der Waals surface area (Å²) < 4.78 is 5.35. The molecule has 19 heavy (non-hydrogen) atoms. The normalized spacial score (nSPS) is 12.3. The monoisotopic (exact) mass is 267 g/mol. The van der Waals surface area contributed by atoms with Crippen molar-refractivity contribution in [3.8, 4) is 0 Å². The maximum absolute atomic E-state index is 12.1. The van der Waals surface area contributed by atoms with Gasteiger partial charge < -0.3 is 14.8 Å². The third kappa shape index (κ3) is 2.97. The van der Waals surface area contributed by atoms with E-state index in [2.05, 4.69) is 5.32 Å². The van der Waals surface area contributed by atoms with E-state index < -0.39 is 22.8 Å². The van der Waals surface area contributed by atoms with Gasteiger partial charge in [0, 0.05) is 6.42 Å². The zero-order chi connectivity index (χ0) is 14.8. The molecule has 0 unspecified atom stereocenters. The van der Waals surface area contributed by atoms with E-state index in [-0.39, 0.29) is 5.76 Å². The summed E-state index contributed by atoms with van der Waals surface area (Å²) >= 11 is 0. The Bertz CT molecular complexity index is 485. The van der Waals surface area contributed by atoms with E-state index in [9.17, 15) is 14.7 Å². The molecule has 5 heteroatoms. The van der Waals surface area contributed by atoms with Gasteiger partial charge in [-0.1, -0.05) is 6.92 Å². The molecule has 1 aromatic rings. The lowest BCUT2D eigenvalue weighted by atomic mass is 9.74. The van der Waals surface area contributed by atoms with Crippen molar-refractivity contribution < 1.29 is 19.1 Å². The Hall–Kier alpha value is -1.78. The maximum atomic E-state index is 12.1. The SMILES string of the molecule is CCc1ccc(C(=O)NC(C)(C)C(C)(C)C(=O)O)o1. The Morgan fingerprint density at radius 3 is 2.26 bits per heavy atom. The number of carbonyl (C=O) groups is 2. The van der Waals surface area contributed by atoms with Crippen molar-refractivity contribution in [3.63, 3.8) is 0 Å². The number of aryl methyl sites for hydroxylation is 1. The second-order valence-corrected chi connectivity index (χ2v) is 5.63. The van der Waals surface area contributed by atoms with Crippen LogP contribution in [0.5, 0.6) is 0 Å². The first-order valence-electron chi connectivity index (χ1n) is 6.26. The molecule has 0 atom stereocenters. The minimum atomic E-state index is -1.09. The Morgan fingerprint density at radius 2 is 1.84 bits per heavy atom. The summed E-state index contributed by atoms with van der Waals surface area (Å²) in [4.78, 5) is 23.3. The predicted octanol–water partition coefficient (Wildman–Crippen LogP) is 2.46. The van der Waals surface area contributed by atoms with Crippen molar-refractivity contribution in [2.24, 2.45) is 5.41 Å². The highest BCUT2D eigenvalue weighted by Gasteiger charge is 2.44. The van der Waals surface area contributed by atoms with Crippen LogP contribution in [-0.2, 0) is 11.2 Å². The number of carboxylic acid groups (broad SMARTS) is 1. The standard InChI is InChI=1S/C14H21NO4/c1-6-9-7-8-10(19-9)11(16)15-14(4,5)13(2,3)12(17)18/h7-8H,6H2,1-5H3,(H,15,16)(H,17,18). The molecule has 1 heterocycles. The van der Waals surface area contributed by atoms with E-state index in [1.54, 1.807) is 39.8 Å². The average molecular weight is 267 g/mol. The fourth-order valence-electron chi connectivity index (χ4n) is 1.46. The summed E-state index contributed by atoms with van der Waals surface area (Å²) in [6.45, 7) is 8.45. The zero-order valence-electron chi connectivity index (χ0n) is 12.0. The first-order valence-corrected chi connectivity index (χ1v) is 6.26. The maximum Gasteiger partial charge on any atom is 0.311 e. The van der Waals surface area contributed by atoms with Gasteiger partial charge in [0.25, 0.3) is 5.91 Å². The summed E-state index contributed by atoms with van der Waals surface area (Å²) in [5, 5.41) is 11.9. The molecule has 0 saturated heterocycles. The number of furan rings is 1. The number of aliphatic carboxylic acids is 1. The molecule has 1 rings (SSSR count). The van der Waals surface area contributed by atoms with Gasteiger partial charge >= 0.3 is 5.97 Å². The van der Waals surface area contributed by atoms with Gasteiger partial charge in [0.2, 0.25) is 0 Å². The lowest BCUT2D eigenvalue weighted by Gasteiger charge is -2.38. The van der Waals surface area contributed by atoms with Gasteiger partial charge in [-0.2, -0.15) is 0 Å². The first-order chi connectivity index (χ1) is 8.61. The molecule has 0 fully saturated rings. The molecule has 2 N–H and O–H groups in total. The first kappa shape index (κ1) is 15.3. The molecule has 0 aliphatic rings. The highest BCUT2D eigenvalue weighted by atomic mass is 16.4. The van der Waals surface area contributed by atoms with E-state index in [4.69, 9.17) is 4.42 Å². The Balaban J connectivity index is 2.89. The number of nitrogens with one attached hydrogen (secondary N) is 1. The molecule has 0 aromatic carbocycles. The molecular formula is C14H21NO4. The predicted molar refractivity (Wildman–Crippen MR) is 71.0 cm³/mol. The summed E-state index contributed by atoms with van der Waals surface area (Å²) in [5.74, 6) is -0.447. The minimum absolute atomic E-state index is 0.200. The van der Waals surface area contributed by atoms with Gasteiger partial charge in [-0.3, -0.25) is 9.59 Å². The lowest BCUT2D eigenvalue weighted by Crippen LogP contribution is -2.56. The van der Waals surface area contributed by atoms with Crippen LogP contribution in [0, 0.1) is 5.41 Å². The van der Waals surface area contributed by atoms with Crippen molar-refractivity contribution in [1.29, 1.82) is 0 Å². The van der Waals surface area contributed by atoms with E-state index in [0.29, 0.717) is 6.42 Å². The van der Waals surface area contributed by atoms with Gasteiger partial charge in [0.05, 0.1) is 11.0 Å². The largest absolute Gasteiger partial charge is 0.481 e. The van der Waals surface area contributed by atoms with Crippen molar-refractivity contribution >= 4 is 11.9 Å². The Morgan fingerprint density at radius 1 is 1.26 bits per heavy atom. The minimum Gasteiger partial charge on any atom is -0.481 e. The van der Waals surface area contributed by atoms with Crippen LogP contribution in [0.1, 0.15) is 50.9 Å². The summed E-state index contributed by atoms with van der Waals surface area (Å²) in [7, 11) is 0. The number of hydrogen-bond acceptors (Lipinski definition) is 3. The van der Waals surface area contributed by atoms with Gasteiger partial charge in [0.1, 0.15) is 5.76 Å². The molecule has 5 nitrogen and oxygen atoms in total. The summed E-state index contributed by atoms with van der Waals surface area (Å²) in [6.07, 6.45) is 0.706. The fourth-order valence-corrected chi connectivity index (χ4v) is 1.46. The van der Waals surface area contributed by atoms with Crippen molar-refractivity contribution in [3.05, 3.63) is 23.7 Å². The highest BCUT2D eigenvalue weighted by molar-refractivity contribution is 5.92. The molecule has 1 aromatic heterocycles. The van der Waals surface area contributed by atoms with Crippen molar-refractivity contribution in [1.82, 2.24) is 5.32 Å². The molecule has 0 aliphatic heterocycles. The Kier molecular flexibility index (Phi) is 4.08. The van der Waals surface area contributed by atoms with Crippen LogP contribution in [-0.4, -0.2) is 22.5 Å². The molecule has 0 bridgehead atoms. The zero-order valence-corrected chi connectivity index (χ0v) is 12.0. The van der Waals surface area contributed by atoms with Crippen LogP contribution in [0.15, 0.2) is 16.5 Å². The molecule has 1 amide bonds. The van der Waals surface area contributed by atoms with Gasteiger partial charge in [-0.25, -0.2) is 0 Å². The smallest absolute Gasteiger partial charge is 0.311 e. The molecule has 0 radical (unpaired) electrons. The number of carbonyl (C=O) groups excluding carboxylic acids is 1. The third-order valence-electron chi connectivity index (χ3n) is 3.76. The van der Waals surface area contributed by atoms with Crippen LogP contribution < -0.4 is 5.32 Å². The van der Waals surface area contributed by atoms with Crippen LogP contribution in [0.2, 0.25) is 0 Å². The Labute approximate surface area is 113 Å². The summed E-state index contributed by atoms with van der Waals surface area (Å²) in [5.41, 5.74) is -2.00. The molecule has 0 saturated carbocycles. The van der Waals surface area contributed by atoms with Crippen molar-refractivity contribution in [2.75, 3.05) is 0 Å². The van der Waals surface area contributed by atoms with Gasteiger partial charge in [-0.05, 0) is 39.8 Å². The molecule has 0 aliphatic carbocycles. The number of carboxylic acids is 1. The van der Waals surface area contributed by atoms with Gasteiger partial charge in [-0.15, -0.1) is 0 Å². The molecular weight excluding hydrogens is 246 g/mol. The van der Waals surface area contributed by atoms with E-state index in [1.807, 2.05) is 6.92 Å². The average Bonchev–Trinajstić information content (AvgIpc) is 2.76. The summed E-state index contributed by atoms with van der Waals surface area (Å²) in [6, 6.07) is 3.34. The van der Waals surface area contributed by atoms with E-state index in [1.165, 1.54) is 0 Å². The molecule has 106 valence electrons.